The van der Waals surface area contributed by atoms with Gasteiger partial charge < -0.3 is 25.5 Å². The summed E-state index contributed by atoms with van der Waals surface area (Å²) in [7, 11) is 0. The number of aryl methyl sites for hydroxylation is 1. The minimum absolute atomic E-state index is 0.262. The van der Waals surface area contributed by atoms with Crippen LogP contribution in [0.4, 0.5) is 4.79 Å². The van der Waals surface area contributed by atoms with Crippen LogP contribution in [0.1, 0.15) is 30.5 Å². The molecule has 2 aromatic rings. The van der Waals surface area contributed by atoms with Crippen molar-refractivity contribution in [2.75, 3.05) is 24.1 Å². The molecule has 2 heterocycles. The number of benzene rings is 2. The van der Waals surface area contributed by atoms with Gasteiger partial charge >= 0.3 is 6.03 Å². The van der Waals surface area contributed by atoms with E-state index in [1.165, 1.54) is 16.7 Å². The maximum atomic E-state index is 13.7. The number of thioether (sulfide) groups is 2. The van der Waals surface area contributed by atoms with E-state index in [-0.39, 0.29) is 24.2 Å². The molecule has 8 nitrogen and oxygen atoms in total. The van der Waals surface area contributed by atoms with Crippen LogP contribution in [-0.4, -0.2) is 79.7 Å². The summed E-state index contributed by atoms with van der Waals surface area (Å²) >= 11 is 3.16. The van der Waals surface area contributed by atoms with Gasteiger partial charge in [0.15, 0.2) is 6.10 Å². The van der Waals surface area contributed by atoms with E-state index in [4.69, 9.17) is 0 Å². The second-order valence-corrected chi connectivity index (χ2v) is 12.9. The Hall–Kier alpha value is -2.69. The van der Waals surface area contributed by atoms with Gasteiger partial charge in [-0.1, -0.05) is 54.6 Å². The monoisotopic (exact) mass is 556 g/mol. The Bertz CT molecular complexity index is 1140. The van der Waals surface area contributed by atoms with Crippen LogP contribution in [0.5, 0.6) is 0 Å². The highest BCUT2D eigenvalue weighted by Gasteiger charge is 2.49. The lowest BCUT2D eigenvalue weighted by Gasteiger charge is -2.33. The number of carbonyl (C=O) groups excluding carboxylic acids is 3. The molecule has 2 fully saturated rings. The topological polar surface area (TPSA) is 102 Å². The summed E-state index contributed by atoms with van der Waals surface area (Å²) in [5.41, 5.74) is 2.98. The van der Waals surface area contributed by atoms with E-state index in [9.17, 15) is 19.5 Å². The standard InChI is InChI=1S/C28H36N4O4S2/c1-19-9-7-8-12-21(19)16-29-25(34)24-28(2,3)38-18-32(24)26(35)23(33)22(15-20-10-5-4-6-11-20)30-27(36)31-13-14-37-17-31/h4-12,22-24,33H,13-18H2,1-3H3,(H,29,34)(H,30,36)/t22-,23-,24?/m0/s1. The average molecular weight is 557 g/mol. The van der Waals surface area contributed by atoms with E-state index in [0.717, 1.165) is 22.4 Å². The zero-order valence-electron chi connectivity index (χ0n) is 22.1. The van der Waals surface area contributed by atoms with E-state index in [1.807, 2.05) is 75.4 Å². The predicted molar refractivity (Wildman–Crippen MR) is 153 cm³/mol. The molecule has 3 atom stereocenters. The van der Waals surface area contributed by atoms with E-state index < -0.39 is 28.8 Å². The number of amides is 4. The molecule has 4 rings (SSSR count). The molecule has 38 heavy (non-hydrogen) atoms. The van der Waals surface area contributed by atoms with Crippen LogP contribution < -0.4 is 10.6 Å². The molecule has 2 aliphatic heterocycles. The van der Waals surface area contributed by atoms with Gasteiger partial charge in [-0.2, -0.15) is 0 Å². The van der Waals surface area contributed by atoms with Gasteiger partial charge in [0.2, 0.25) is 5.91 Å². The van der Waals surface area contributed by atoms with Crippen molar-refractivity contribution in [1.29, 1.82) is 0 Å². The van der Waals surface area contributed by atoms with E-state index >= 15 is 0 Å². The van der Waals surface area contributed by atoms with Gasteiger partial charge in [-0.3, -0.25) is 9.59 Å². The van der Waals surface area contributed by atoms with Gasteiger partial charge in [-0.15, -0.1) is 23.5 Å². The van der Waals surface area contributed by atoms with Crippen molar-refractivity contribution in [1.82, 2.24) is 20.4 Å². The molecule has 0 bridgehead atoms. The summed E-state index contributed by atoms with van der Waals surface area (Å²) in [5.74, 6) is 0.892. The molecule has 0 radical (unpaired) electrons. The first kappa shape index (κ1) is 28.3. The number of nitrogens with one attached hydrogen (secondary N) is 2. The van der Waals surface area contributed by atoms with Crippen molar-refractivity contribution in [3.63, 3.8) is 0 Å². The van der Waals surface area contributed by atoms with Crippen molar-refractivity contribution in [3.05, 3.63) is 71.3 Å². The molecule has 0 saturated carbocycles. The zero-order chi connectivity index (χ0) is 27.3. The lowest BCUT2D eigenvalue weighted by Crippen LogP contribution is -2.59. The summed E-state index contributed by atoms with van der Waals surface area (Å²) in [6.45, 7) is 6.84. The van der Waals surface area contributed by atoms with E-state index in [2.05, 4.69) is 10.6 Å². The van der Waals surface area contributed by atoms with Crippen molar-refractivity contribution < 1.29 is 19.5 Å². The van der Waals surface area contributed by atoms with Gasteiger partial charge in [0.1, 0.15) is 6.04 Å². The molecule has 0 aliphatic carbocycles. The summed E-state index contributed by atoms with van der Waals surface area (Å²) in [4.78, 5) is 43.2. The molecule has 4 amide bonds. The molecular weight excluding hydrogens is 520 g/mol. The van der Waals surface area contributed by atoms with Crippen LogP contribution in [0.15, 0.2) is 54.6 Å². The third-order valence-corrected chi connectivity index (χ3v) is 9.41. The number of aliphatic hydroxyl groups excluding tert-OH is 1. The minimum Gasteiger partial charge on any atom is -0.381 e. The van der Waals surface area contributed by atoms with Crippen LogP contribution in [0.2, 0.25) is 0 Å². The van der Waals surface area contributed by atoms with Crippen LogP contribution in [0.25, 0.3) is 0 Å². The summed E-state index contributed by atoms with van der Waals surface area (Å²) in [6.07, 6.45) is -1.22. The smallest absolute Gasteiger partial charge is 0.318 e. The van der Waals surface area contributed by atoms with Gasteiger partial charge in [-0.25, -0.2) is 4.79 Å². The number of hydrogen-bond donors (Lipinski definition) is 3. The van der Waals surface area contributed by atoms with Crippen LogP contribution >= 0.6 is 23.5 Å². The molecule has 2 aliphatic rings. The lowest BCUT2D eigenvalue weighted by molar-refractivity contribution is -0.147. The lowest BCUT2D eigenvalue weighted by atomic mass is 9.97. The fourth-order valence-electron chi connectivity index (χ4n) is 4.78. The highest BCUT2D eigenvalue weighted by atomic mass is 32.2. The first-order chi connectivity index (χ1) is 18.2. The quantitative estimate of drug-likeness (QED) is 0.462. The van der Waals surface area contributed by atoms with Crippen molar-refractivity contribution in [2.24, 2.45) is 0 Å². The molecule has 2 aromatic carbocycles. The highest BCUT2D eigenvalue weighted by molar-refractivity contribution is 8.01. The molecule has 0 spiro atoms. The fraction of sp³-hybridized carbons (Fsp3) is 0.464. The molecule has 204 valence electrons. The largest absolute Gasteiger partial charge is 0.381 e. The van der Waals surface area contributed by atoms with Gasteiger partial charge in [-0.05, 0) is 43.9 Å². The molecule has 2 saturated heterocycles. The molecule has 1 unspecified atom stereocenters. The molecule has 0 aromatic heterocycles. The van der Waals surface area contributed by atoms with Crippen molar-refractivity contribution in [2.45, 2.75) is 56.7 Å². The average Bonchev–Trinajstić information content (AvgIpc) is 3.55. The van der Waals surface area contributed by atoms with E-state index in [1.54, 1.807) is 16.7 Å². The fourth-order valence-corrected chi connectivity index (χ4v) is 6.86. The number of carbonyl (C=O) groups is 3. The number of nitrogens with zero attached hydrogens (tertiary/aromatic N) is 2. The maximum absolute atomic E-state index is 13.7. The molecular formula is C28H36N4O4S2. The number of aliphatic hydroxyl groups is 1. The Kier molecular flexibility index (Phi) is 9.27. The van der Waals surface area contributed by atoms with Crippen LogP contribution in [-0.2, 0) is 22.6 Å². The third kappa shape index (κ3) is 6.65. The van der Waals surface area contributed by atoms with Gasteiger partial charge in [0.05, 0.1) is 17.8 Å². The van der Waals surface area contributed by atoms with Gasteiger partial charge in [0, 0.05) is 23.6 Å². The second-order valence-electron chi connectivity index (χ2n) is 10.2. The molecule has 10 heteroatoms. The van der Waals surface area contributed by atoms with E-state index in [0.29, 0.717) is 19.0 Å². The third-order valence-electron chi connectivity index (χ3n) is 7.07. The normalized spacial score (nSPS) is 20.2. The van der Waals surface area contributed by atoms with Crippen molar-refractivity contribution in [3.8, 4) is 0 Å². The maximum Gasteiger partial charge on any atom is 0.318 e. The Balaban J connectivity index is 1.50. The Morgan fingerprint density at radius 2 is 1.79 bits per heavy atom. The van der Waals surface area contributed by atoms with Gasteiger partial charge in [0.25, 0.3) is 5.91 Å². The SMILES string of the molecule is Cc1ccccc1CNC(=O)C1N(C(=O)[C@@H](O)[C@H](Cc2ccccc2)NC(=O)N2CCSC2)CSC1(C)C. The zero-order valence-corrected chi connectivity index (χ0v) is 23.7. The first-order valence-corrected chi connectivity index (χ1v) is 14.9. The number of urea groups is 1. The number of hydrogen-bond acceptors (Lipinski definition) is 6. The van der Waals surface area contributed by atoms with Crippen LogP contribution in [0.3, 0.4) is 0 Å². The first-order valence-electron chi connectivity index (χ1n) is 12.8. The van der Waals surface area contributed by atoms with Crippen LogP contribution in [0, 0.1) is 6.92 Å². The highest BCUT2D eigenvalue weighted by Crippen LogP contribution is 2.40. The Morgan fingerprint density at radius 3 is 2.47 bits per heavy atom. The summed E-state index contributed by atoms with van der Waals surface area (Å²) in [6, 6.07) is 15.4. The Morgan fingerprint density at radius 1 is 1.08 bits per heavy atom. The minimum atomic E-state index is -1.50. The predicted octanol–water partition coefficient (Wildman–Crippen LogP) is 2.98. The summed E-state index contributed by atoms with van der Waals surface area (Å²) < 4.78 is -0.545. The second kappa shape index (κ2) is 12.4. The summed E-state index contributed by atoms with van der Waals surface area (Å²) in [5, 5.41) is 17.2. The molecule has 3 N–H and O–H groups in total. The van der Waals surface area contributed by atoms with Crippen molar-refractivity contribution >= 4 is 41.4 Å². The number of rotatable bonds is 8. The Labute approximate surface area is 232 Å².